The van der Waals surface area contributed by atoms with Gasteiger partial charge in [-0.2, -0.15) is 0 Å². The van der Waals surface area contributed by atoms with Crippen molar-refractivity contribution in [2.45, 2.75) is 17.1 Å². The monoisotopic (exact) mass is 188 g/mol. The molecule has 1 aromatic rings. The van der Waals surface area contributed by atoms with Crippen molar-refractivity contribution in [3.05, 3.63) is 17.0 Å². The third-order valence-corrected chi connectivity index (χ3v) is 2.69. The van der Waals surface area contributed by atoms with Crippen molar-refractivity contribution in [1.82, 2.24) is 0 Å². The molecule has 1 aromatic heterocycles. The van der Waals surface area contributed by atoms with Gasteiger partial charge in [-0.3, -0.25) is 4.79 Å². The Bertz CT molecular complexity index is 255. The van der Waals surface area contributed by atoms with Crippen LogP contribution in [-0.4, -0.2) is 11.1 Å². The van der Waals surface area contributed by atoms with E-state index < -0.39 is 5.97 Å². The summed E-state index contributed by atoms with van der Waals surface area (Å²) in [5.41, 5.74) is 1.03. The van der Waals surface area contributed by atoms with Gasteiger partial charge < -0.3 is 5.11 Å². The second-order valence-electron chi connectivity index (χ2n) is 2.14. The molecule has 0 bridgehead atoms. The minimum Gasteiger partial charge on any atom is -0.481 e. The highest BCUT2D eigenvalue weighted by molar-refractivity contribution is 7.82. The molecule has 4 heteroatoms. The van der Waals surface area contributed by atoms with Gasteiger partial charge >= 0.3 is 5.97 Å². The number of rotatable bonds is 3. The minimum atomic E-state index is -0.760. The number of hydrogen-bond donors (Lipinski definition) is 2. The summed E-state index contributed by atoms with van der Waals surface area (Å²) >= 11 is 5.70. The molecule has 1 rings (SSSR count). The highest BCUT2D eigenvalue weighted by atomic mass is 32.2. The fourth-order valence-corrected chi connectivity index (χ4v) is 1.81. The lowest BCUT2D eigenvalue weighted by molar-refractivity contribution is -0.136. The molecule has 0 radical (unpaired) electrons. The third kappa shape index (κ3) is 2.55. The van der Waals surface area contributed by atoms with Gasteiger partial charge in [0, 0.05) is 6.42 Å². The molecule has 1 N–H and O–H groups in total. The van der Waals surface area contributed by atoms with Gasteiger partial charge in [0.2, 0.25) is 0 Å². The zero-order valence-electron chi connectivity index (χ0n) is 5.78. The number of aryl methyl sites for hydroxylation is 1. The summed E-state index contributed by atoms with van der Waals surface area (Å²) < 4.78 is 0.922. The SMILES string of the molecule is O=C(O)CCc1ccsc1S. The fraction of sp³-hybridized carbons (Fsp3) is 0.286. The average Bonchev–Trinajstić information content (AvgIpc) is 2.31. The van der Waals surface area contributed by atoms with Crippen molar-refractivity contribution >= 4 is 29.9 Å². The van der Waals surface area contributed by atoms with Crippen LogP contribution in [0.25, 0.3) is 0 Å². The lowest BCUT2D eigenvalue weighted by Crippen LogP contribution is -1.96. The van der Waals surface area contributed by atoms with Gasteiger partial charge in [-0.25, -0.2) is 0 Å². The number of carbonyl (C=O) groups is 1. The Balaban J connectivity index is 2.51. The molecular weight excluding hydrogens is 180 g/mol. The summed E-state index contributed by atoms with van der Waals surface area (Å²) in [6.07, 6.45) is 0.766. The highest BCUT2D eigenvalue weighted by Gasteiger charge is 2.02. The van der Waals surface area contributed by atoms with Crippen molar-refractivity contribution in [1.29, 1.82) is 0 Å². The van der Waals surface area contributed by atoms with E-state index in [4.69, 9.17) is 5.11 Å². The average molecular weight is 188 g/mol. The van der Waals surface area contributed by atoms with Crippen LogP contribution in [-0.2, 0) is 11.2 Å². The van der Waals surface area contributed by atoms with Gasteiger partial charge in [0.15, 0.2) is 0 Å². The predicted octanol–water partition coefficient (Wildman–Crippen LogP) is 2.05. The number of aliphatic carboxylic acids is 1. The smallest absolute Gasteiger partial charge is 0.303 e. The summed E-state index contributed by atoms with van der Waals surface area (Å²) in [5.74, 6) is -0.760. The third-order valence-electron chi connectivity index (χ3n) is 1.33. The van der Waals surface area contributed by atoms with E-state index in [9.17, 15) is 4.79 Å². The fourth-order valence-electron chi connectivity index (χ4n) is 0.759. The Kier molecular flexibility index (Phi) is 2.96. The Morgan fingerprint density at radius 1 is 1.73 bits per heavy atom. The summed E-state index contributed by atoms with van der Waals surface area (Å²) in [7, 11) is 0. The molecule has 0 aliphatic heterocycles. The number of hydrogen-bond acceptors (Lipinski definition) is 3. The Hall–Kier alpha value is -0.480. The quantitative estimate of drug-likeness (QED) is 0.712. The second-order valence-corrected chi connectivity index (χ2v) is 3.81. The maximum atomic E-state index is 10.2. The first-order valence-corrected chi connectivity index (χ1v) is 4.50. The number of thiol groups is 1. The van der Waals surface area contributed by atoms with Crippen LogP contribution in [0.1, 0.15) is 12.0 Å². The zero-order valence-corrected chi connectivity index (χ0v) is 7.49. The van der Waals surface area contributed by atoms with Crippen LogP contribution < -0.4 is 0 Å². The van der Waals surface area contributed by atoms with Crippen LogP contribution in [0.4, 0.5) is 0 Å². The van der Waals surface area contributed by atoms with Crippen LogP contribution in [0, 0.1) is 0 Å². The molecule has 0 fully saturated rings. The Labute approximate surface area is 74.3 Å². The second kappa shape index (κ2) is 3.78. The standard InChI is InChI=1S/C7H8O2S2/c8-6(9)2-1-5-3-4-11-7(5)10/h3-4,10H,1-2H2,(H,8,9). The van der Waals surface area contributed by atoms with Crippen molar-refractivity contribution in [2.24, 2.45) is 0 Å². The van der Waals surface area contributed by atoms with Gasteiger partial charge in [0.1, 0.15) is 0 Å². The normalized spacial score (nSPS) is 9.91. The van der Waals surface area contributed by atoms with E-state index in [0.29, 0.717) is 6.42 Å². The van der Waals surface area contributed by atoms with Gasteiger partial charge in [-0.1, -0.05) is 0 Å². The number of carboxylic acids is 1. The first-order valence-electron chi connectivity index (χ1n) is 3.17. The molecular formula is C7H8O2S2. The molecule has 1 heterocycles. The molecule has 0 saturated heterocycles. The van der Waals surface area contributed by atoms with E-state index in [0.717, 1.165) is 9.77 Å². The zero-order chi connectivity index (χ0) is 8.27. The van der Waals surface area contributed by atoms with Gasteiger partial charge in [0.05, 0.1) is 4.21 Å². The maximum Gasteiger partial charge on any atom is 0.303 e. The molecule has 0 atom stereocenters. The van der Waals surface area contributed by atoms with E-state index in [1.54, 1.807) is 0 Å². The largest absolute Gasteiger partial charge is 0.481 e. The van der Waals surface area contributed by atoms with Crippen molar-refractivity contribution in [2.75, 3.05) is 0 Å². The van der Waals surface area contributed by atoms with Crippen molar-refractivity contribution < 1.29 is 9.90 Å². The lowest BCUT2D eigenvalue weighted by Gasteiger charge is -1.93. The predicted molar refractivity (Wildman–Crippen MR) is 47.5 cm³/mol. The Morgan fingerprint density at radius 2 is 2.45 bits per heavy atom. The van der Waals surface area contributed by atoms with Crippen molar-refractivity contribution in [3.8, 4) is 0 Å². The molecule has 11 heavy (non-hydrogen) atoms. The topological polar surface area (TPSA) is 37.3 Å². The van der Waals surface area contributed by atoms with Gasteiger partial charge in [-0.15, -0.1) is 24.0 Å². The Morgan fingerprint density at radius 3 is 2.91 bits per heavy atom. The number of carboxylic acid groups (broad SMARTS) is 1. The van der Waals surface area contributed by atoms with E-state index >= 15 is 0 Å². The van der Waals surface area contributed by atoms with Crippen LogP contribution in [0.2, 0.25) is 0 Å². The van der Waals surface area contributed by atoms with Crippen LogP contribution in [0.3, 0.4) is 0 Å². The van der Waals surface area contributed by atoms with Gasteiger partial charge in [-0.05, 0) is 23.4 Å². The summed E-state index contributed by atoms with van der Waals surface area (Å²) in [6, 6.07) is 1.91. The van der Waals surface area contributed by atoms with Gasteiger partial charge in [0.25, 0.3) is 0 Å². The molecule has 0 saturated carbocycles. The van der Waals surface area contributed by atoms with E-state index in [-0.39, 0.29) is 6.42 Å². The highest BCUT2D eigenvalue weighted by Crippen LogP contribution is 2.21. The first kappa shape index (κ1) is 8.62. The molecule has 0 spiro atoms. The minimum absolute atomic E-state index is 0.185. The summed E-state index contributed by atoms with van der Waals surface area (Å²) in [6.45, 7) is 0. The van der Waals surface area contributed by atoms with E-state index in [1.165, 1.54) is 11.3 Å². The summed E-state index contributed by atoms with van der Waals surface area (Å²) in [4.78, 5) is 10.2. The molecule has 0 unspecified atom stereocenters. The van der Waals surface area contributed by atoms with Crippen LogP contribution in [0.15, 0.2) is 15.7 Å². The molecule has 0 amide bonds. The van der Waals surface area contributed by atoms with E-state index in [1.807, 2.05) is 11.4 Å². The first-order chi connectivity index (χ1) is 5.20. The number of thiophene rings is 1. The van der Waals surface area contributed by atoms with E-state index in [2.05, 4.69) is 12.6 Å². The summed E-state index contributed by atoms with van der Waals surface area (Å²) in [5, 5.41) is 10.3. The van der Waals surface area contributed by atoms with Crippen LogP contribution in [0.5, 0.6) is 0 Å². The molecule has 0 aliphatic carbocycles. The maximum absolute atomic E-state index is 10.2. The molecule has 0 aliphatic rings. The molecule has 60 valence electrons. The lowest BCUT2D eigenvalue weighted by atomic mass is 10.2. The molecule has 2 nitrogen and oxygen atoms in total. The molecule has 0 aromatic carbocycles. The van der Waals surface area contributed by atoms with Crippen molar-refractivity contribution in [3.63, 3.8) is 0 Å². The van der Waals surface area contributed by atoms with Crippen LogP contribution >= 0.6 is 24.0 Å².